The molecule has 8 heteroatoms. The lowest BCUT2D eigenvalue weighted by molar-refractivity contribution is -0.384. The third-order valence-electron chi connectivity index (χ3n) is 4.33. The summed E-state index contributed by atoms with van der Waals surface area (Å²) in [5.41, 5.74) is 1.41. The molecule has 0 spiro atoms. The molecule has 2 aromatic rings. The molecule has 1 unspecified atom stereocenters. The molecule has 0 bridgehead atoms. The highest BCUT2D eigenvalue weighted by Crippen LogP contribution is 2.16. The molecule has 1 aromatic carbocycles. The third-order valence-corrected chi connectivity index (χ3v) is 4.33. The highest BCUT2D eigenvalue weighted by Gasteiger charge is 2.17. The maximum atomic E-state index is 12.2. The lowest BCUT2D eigenvalue weighted by atomic mass is 10.1. The number of benzene rings is 1. The topological polar surface area (TPSA) is 102 Å². The zero-order valence-corrected chi connectivity index (χ0v) is 13.9. The van der Waals surface area contributed by atoms with Crippen LogP contribution in [0.15, 0.2) is 36.5 Å². The van der Waals surface area contributed by atoms with Crippen LogP contribution in [0.5, 0.6) is 0 Å². The second-order valence-corrected chi connectivity index (χ2v) is 6.11. The number of nitrogens with one attached hydrogen (secondary N) is 2. The number of carbonyl (C=O) groups excluding carboxylic acids is 1. The maximum absolute atomic E-state index is 12.2. The summed E-state index contributed by atoms with van der Waals surface area (Å²) in [6.45, 7) is 2.37. The molecule has 0 saturated carbocycles. The predicted octanol–water partition coefficient (Wildman–Crippen LogP) is 1.69. The normalized spacial score (nSPS) is 17.2. The fourth-order valence-electron chi connectivity index (χ4n) is 2.92. The summed E-state index contributed by atoms with van der Waals surface area (Å²) in [6, 6.07) is 8.38. The Kier molecular flexibility index (Phi) is 5.39. The number of hydrogen-bond acceptors (Lipinski definition) is 5. The SMILES string of the molecule is O=C(NCCc1ccc([N+](=O)[O-])cc1)c1ccn(C2CCCNC2)n1. The Morgan fingerprint density at radius 3 is 2.84 bits per heavy atom. The van der Waals surface area contributed by atoms with Crippen LogP contribution in [0.1, 0.15) is 34.9 Å². The highest BCUT2D eigenvalue weighted by atomic mass is 16.6. The van der Waals surface area contributed by atoms with Gasteiger partial charge >= 0.3 is 0 Å². The fourth-order valence-corrected chi connectivity index (χ4v) is 2.92. The van der Waals surface area contributed by atoms with Crippen LogP contribution in [-0.2, 0) is 6.42 Å². The number of carbonyl (C=O) groups is 1. The Hall–Kier alpha value is -2.74. The first kappa shape index (κ1) is 17.1. The second kappa shape index (κ2) is 7.89. The predicted molar refractivity (Wildman–Crippen MR) is 92.5 cm³/mol. The molecule has 1 aromatic heterocycles. The van der Waals surface area contributed by atoms with Gasteiger partial charge in [-0.05, 0) is 37.4 Å². The molecule has 132 valence electrons. The van der Waals surface area contributed by atoms with Gasteiger partial charge in [0.15, 0.2) is 0 Å². The fraction of sp³-hybridized carbons (Fsp3) is 0.412. The number of hydrogen-bond donors (Lipinski definition) is 2. The molecular formula is C17H21N5O3. The Labute approximate surface area is 145 Å². The largest absolute Gasteiger partial charge is 0.350 e. The minimum Gasteiger partial charge on any atom is -0.350 e. The van der Waals surface area contributed by atoms with Gasteiger partial charge in [0, 0.05) is 31.4 Å². The minimum atomic E-state index is -0.427. The number of piperidine rings is 1. The lowest BCUT2D eigenvalue weighted by Gasteiger charge is -2.22. The van der Waals surface area contributed by atoms with Crippen LogP contribution in [0.4, 0.5) is 5.69 Å². The zero-order valence-electron chi connectivity index (χ0n) is 13.9. The zero-order chi connectivity index (χ0) is 17.6. The van der Waals surface area contributed by atoms with Gasteiger partial charge in [-0.15, -0.1) is 0 Å². The van der Waals surface area contributed by atoms with Crippen molar-refractivity contribution in [3.8, 4) is 0 Å². The van der Waals surface area contributed by atoms with Crippen molar-refractivity contribution in [3.63, 3.8) is 0 Å². The van der Waals surface area contributed by atoms with Gasteiger partial charge in [-0.1, -0.05) is 12.1 Å². The maximum Gasteiger partial charge on any atom is 0.271 e. The Bertz CT molecular complexity index is 735. The van der Waals surface area contributed by atoms with Gasteiger partial charge in [0.25, 0.3) is 11.6 Å². The van der Waals surface area contributed by atoms with Gasteiger partial charge in [-0.2, -0.15) is 5.10 Å². The van der Waals surface area contributed by atoms with Crippen LogP contribution < -0.4 is 10.6 Å². The van der Waals surface area contributed by atoms with E-state index in [1.54, 1.807) is 18.2 Å². The van der Waals surface area contributed by atoms with Gasteiger partial charge in [0.05, 0.1) is 11.0 Å². The van der Waals surface area contributed by atoms with E-state index in [1.165, 1.54) is 12.1 Å². The van der Waals surface area contributed by atoms with E-state index in [-0.39, 0.29) is 11.6 Å². The van der Waals surface area contributed by atoms with E-state index < -0.39 is 4.92 Å². The molecule has 25 heavy (non-hydrogen) atoms. The van der Waals surface area contributed by atoms with Gasteiger partial charge in [0.1, 0.15) is 5.69 Å². The van der Waals surface area contributed by atoms with E-state index in [4.69, 9.17) is 0 Å². The molecule has 2 heterocycles. The molecule has 1 atom stereocenters. The molecule has 1 fully saturated rings. The van der Waals surface area contributed by atoms with E-state index in [9.17, 15) is 14.9 Å². The first-order valence-corrected chi connectivity index (χ1v) is 8.41. The van der Waals surface area contributed by atoms with Crippen LogP contribution in [0.3, 0.4) is 0 Å². The first-order valence-electron chi connectivity index (χ1n) is 8.41. The average molecular weight is 343 g/mol. The Morgan fingerprint density at radius 2 is 2.16 bits per heavy atom. The number of nitro benzene ring substituents is 1. The van der Waals surface area contributed by atoms with Crippen molar-refractivity contribution >= 4 is 11.6 Å². The standard InChI is InChI=1S/C17H21N5O3/c23-17(16-8-11-21(20-16)15-2-1-9-18-12-15)19-10-7-13-3-5-14(6-4-13)22(24)25/h3-6,8,11,15,18H,1-2,7,9-10,12H2,(H,19,23). The van der Waals surface area contributed by atoms with E-state index in [1.807, 2.05) is 10.9 Å². The van der Waals surface area contributed by atoms with Gasteiger partial charge < -0.3 is 10.6 Å². The van der Waals surface area contributed by atoms with Crippen molar-refractivity contribution < 1.29 is 9.72 Å². The molecule has 1 saturated heterocycles. The summed E-state index contributed by atoms with van der Waals surface area (Å²) in [6.07, 6.45) is 4.64. The van der Waals surface area contributed by atoms with Crippen molar-refractivity contribution in [1.29, 1.82) is 0 Å². The van der Waals surface area contributed by atoms with Crippen molar-refractivity contribution in [2.24, 2.45) is 0 Å². The Balaban J connectivity index is 1.49. The van der Waals surface area contributed by atoms with Crippen molar-refractivity contribution in [1.82, 2.24) is 20.4 Å². The molecule has 1 aliphatic heterocycles. The molecule has 1 aliphatic rings. The van der Waals surface area contributed by atoms with Crippen molar-refractivity contribution in [2.45, 2.75) is 25.3 Å². The lowest BCUT2D eigenvalue weighted by Crippen LogP contribution is -2.32. The molecule has 1 amide bonds. The number of non-ortho nitro benzene ring substituents is 1. The number of aromatic nitrogens is 2. The quantitative estimate of drug-likeness (QED) is 0.614. The highest BCUT2D eigenvalue weighted by molar-refractivity contribution is 5.92. The van der Waals surface area contributed by atoms with Gasteiger partial charge in [0.2, 0.25) is 0 Å². The summed E-state index contributed by atoms with van der Waals surface area (Å²) in [4.78, 5) is 22.4. The van der Waals surface area contributed by atoms with Crippen LogP contribution in [0, 0.1) is 10.1 Å². The summed E-state index contributed by atoms with van der Waals surface area (Å²) in [5, 5.41) is 21.2. The van der Waals surface area contributed by atoms with E-state index in [2.05, 4.69) is 15.7 Å². The van der Waals surface area contributed by atoms with E-state index >= 15 is 0 Å². The summed E-state index contributed by atoms with van der Waals surface area (Å²) in [7, 11) is 0. The molecule has 3 rings (SSSR count). The number of amides is 1. The molecular weight excluding hydrogens is 322 g/mol. The van der Waals surface area contributed by atoms with E-state index in [0.29, 0.717) is 24.7 Å². The van der Waals surface area contributed by atoms with Crippen molar-refractivity contribution in [2.75, 3.05) is 19.6 Å². The van der Waals surface area contributed by atoms with Crippen LogP contribution in [0.2, 0.25) is 0 Å². The summed E-state index contributed by atoms with van der Waals surface area (Å²) in [5.74, 6) is -0.204. The number of rotatable bonds is 6. The van der Waals surface area contributed by atoms with Crippen molar-refractivity contribution in [3.05, 3.63) is 57.9 Å². The van der Waals surface area contributed by atoms with Gasteiger partial charge in [-0.3, -0.25) is 19.6 Å². The summed E-state index contributed by atoms with van der Waals surface area (Å²) >= 11 is 0. The van der Waals surface area contributed by atoms with Crippen LogP contribution in [-0.4, -0.2) is 40.2 Å². The molecule has 0 radical (unpaired) electrons. The van der Waals surface area contributed by atoms with Gasteiger partial charge in [-0.25, -0.2) is 0 Å². The third kappa shape index (κ3) is 4.42. The van der Waals surface area contributed by atoms with Crippen LogP contribution in [0.25, 0.3) is 0 Å². The molecule has 0 aliphatic carbocycles. The molecule has 2 N–H and O–H groups in total. The number of nitro groups is 1. The van der Waals surface area contributed by atoms with Crippen LogP contribution >= 0.6 is 0 Å². The summed E-state index contributed by atoms with van der Waals surface area (Å²) < 4.78 is 1.86. The second-order valence-electron chi connectivity index (χ2n) is 6.11. The monoisotopic (exact) mass is 343 g/mol. The minimum absolute atomic E-state index is 0.0653. The molecule has 8 nitrogen and oxygen atoms in total. The number of nitrogens with zero attached hydrogens (tertiary/aromatic N) is 3. The first-order chi connectivity index (χ1) is 12.1. The Morgan fingerprint density at radius 1 is 1.36 bits per heavy atom. The van der Waals surface area contributed by atoms with E-state index in [0.717, 1.165) is 31.5 Å². The smallest absolute Gasteiger partial charge is 0.271 e. The average Bonchev–Trinajstić information content (AvgIpc) is 3.13.